The van der Waals surface area contributed by atoms with E-state index in [2.05, 4.69) is 0 Å². The molecule has 4 heteroatoms. The van der Waals surface area contributed by atoms with Crippen LogP contribution in [-0.4, -0.2) is 15.6 Å². The summed E-state index contributed by atoms with van der Waals surface area (Å²) in [6.07, 6.45) is 3.60. The number of rotatable bonds is 4. The van der Waals surface area contributed by atoms with Gasteiger partial charge < -0.3 is 5.11 Å². The highest BCUT2D eigenvalue weighted by molar-refractivity contribution is 5.82. The molecule has 0 radical (unpaired) electrons. The van der Waals surface area contributed by atoms with Gasteiger partial charge in [0.1, 0.15) is 24.1 Å². The molecule has 0 aliphatic heterocycles. The Morgan fingerprint density at radius 2 is 1.64 bits per heavy atom. The van der Waals surface area contributed by atoms with Crippen LogP contribution in [0, 0.1) is 0 Å². The van der Waals surface area contributed by atoms with Gasteiger partial charge in [0.15, 0.2) is 0 Å². The second-order valence-electron chi connectivity index (χ2n) is 5.13. The van der Waals surface area contributed by atoms with Crippen LogP contribution in [0.5, 0.6) is 0 Å². The molecule has 0 saturated heterocycles. The molecule has 4 nitrogen and oxygen atoms in total. The first kappa shape index (κ1) is 14.1. The summed E-state index contributed by atoms with van der Waals surface area (Å²) in [4.78, 5) is 11.8. The number of para-hydroxylation sites is 1. The zero-order valence-corrected chi connectivity index (χ0v) is 12.3. The van der Waals surface area contributed by atoms with Crippen molar-refractivity contribution < 1.29 is 14.5 Å². The Bertz CT molecular complexity index is 779. The van der Waals surface area contributed by atoms with E-state index in [0.29, 0.717) is 0 Å². The van der Waals surface area contributed by atoms with E-state index in [-0.39, 0.29) is 11.9 Å². The molecule has 3 aromatic rings. The van der Waals surface area contributed by atoms with Gasteiger partial charge in [-0.05, 0) is 24.6 Å². The zero-order valence-electron chi connectivity index (χ0n) is 12.3. The number of aromatic nitrogens is 2. The summed E-state index contributed by atoms with van der Waals surface area (Å²) in [6, 6.07) is 19.3. The summed E-state index contributed by atoms with van der Waals surface area (Å²) in [5, 5.41) is 9.65. The highest BCUT2D eigenvalue weighted by atomic mass is 16.4. The van der Waals surface area contributed by atoms with Gasteiger partial charge in [-0.15, -0.1) is 0 Å². The standard InChI is InChI=1S/C18H16N2O2/c1-14(15-8-4-2-5-9-15)19-12-13-20(17(19)18(21)22)16-10-6-3-7-11-16/h2-14H,1H3/p+1. The average molecular weight is 293 g/mol. The van der Waals surface area contributed by atoms with Crippen molar-refractivity contribution in [3.63, 3.8) is 0 Å². The van der Waals surface area contributed by atoms with Crippen molar-refractivity contribution in [3.8, 4) is 5.69 Å². The Kier molecular flexibility index (Phi) is 3.74. The lowest BCUT2D eigenvalue weighted by molar-refractivity contribution is -0.712. The molecule has 0 amide bonds. The Labute approximate surface area is 128 Å². The molecule has 0 fully saturated rings. The van der Waals surface area contributed by atoms with Crippen molar-refractivity contribution in [2.75, 3.05) is 0 Å². The number of nitrogens with zero attached hydrogens (tertiary/aromatic N) is 2. The first-order valence-electron chi connectivity index (χ1n) is 7.14. The maximum atomic E-state index is 11.8. The third-order valence-corrected chi connectivity index (χ3v) is 3.77. The smallest absolute Gasteiger partial charge is 0.420 e. The van der Waals surface area contributed by atoms with Crippen LogP contribution in [0.2, 0.25) is 0 Å². The zero-order chi connectivity index (χ0) is 15.5. The predicted octanol–water partition coefficient (Wildman–Crippen LogP) is 3.07. The molecule has 0 aliphatic carbocycles. The molecule has 0 aliphatic rings. The summed E-state index contributed by atoms with van der Waals surface area (Å²) in [6.45, 7) is 2.00. The Morgan fingerprint density at radius 1 is 1.05 bits per heavy atom. The lowest BCUT2D eigenvalue weighted by Gasteiger charge is -2.10. The molecule has 0 saturated carbocycles. The topological polar surface area (TPSA) is 46.1 Å². The fraction of sp³-hybridized carbons (Fsp3) is 0.111. The number of carboxylic acid groups (broad SMARTS) is 1. The Balaban J connectivity index is 2.10. The normalized spacial score (nSPS) is 12.0. The van der Waals surface area contributed by atoms with Crippen molar-refractivity contribution in [1.29, 1.82) is 0 Å². The van der Waals surface area contributed by atoms with Crippen LogP contribution in [0.1, 0.15) is 29.1 Å². The van der Waals surface area contributed by atoms with E-state index in [4.69, 9.17) is 0 Å². The third-order valence-electron chi connectivity index (χ3n) is 3.77. The van der Waals surface area contributed by atoms with Crippen molar-refractivity contribution in [2.45, 2.75) is 13.0 Å². The predicted molar refractivity (Wildman–Crippen MR) is 83.2 cm³/mol. The Hall–Kier alpha value is -2.88. The number of aromatic carboxylic acids is 1. The molecule has 1 atom stereocenters. The lowest BCUT2D eigenvalue weighted by Crippen LogP contribution is -2.43. The van der Waals surface area contributed by atoms with Gasteiger partial charge in [-0.3, -0.25) is 0 Å². The van der Waals surface area contributed by atoms with E-state index >= 15 is 0 Å². The molecule has 2 aromatic carbocycles. The van der Waals surface area contributed by atoms with Crippen LogP contribution < -0.4 is 4.57 Å². The molecule has 1 aromatic heterocycles. The minimum atomic E-state index is -0.948. The number of hydrogen-bond acceptors (Lipinski definition) is 1. The molecule has 22 heavy (non-hydrogen) atoms. The molecular formula is C18H17N2O2+. The van der Waals surface area contributed by atoms with Gasteiger partial charge in [-0.25, -0.2) is 9.36 Å². The minimum Gasteiger partial charge on any atom is -0.472 e. The van der Waals surface area contributed by atoms with Gasteiger partial charge in [0.05, 0.1) is 0 Å². The van der Waals surface area contributed by atoms with Gasteiger partial charge >= 0.3 is 11.8 Å². The van der Waals surface area contributed by atoms with Crippen LogP contribution >= 0.6 is 0 Å². The first-order valence-corrected chi connectivity index (χ1v) is 7.14. The molecule has 1 unspecified atom stereocenters. The fourth-order valence-electron chi connectivity index (χ4n) is 2.62. The largest absolute Gasteiger partial charge is 0.472 e. The van der Waals surface area contributed by atoms with Gasteiger partial charge in [-0.1, -0.05) is 48.5 Å². The molecule has 110 valence electrons. The second-order valence-corrected chi connectivity index (χ2v) is 5.13. The summed E-state index contributed by atoms with van der Waals surface area (Å²) in [5.41, 5.74) is 1.90. The number of benzene rings is 2. The van der Waals surface area contributed by atoms with Crippen molar-refractivity contribution in [2.24, 2.45) is 0 Å². The molecule has 0 bridgehead atoms. The summed E-state index contributed by atoms with van der Waals surface area (Å²) >= 11 is 0. The number of carboxylic acids is 1. The van der Waals surface area contributed by atoms with Crippen molar-refractivity contribution in [1.82, 2.24) is 4.57 Å². The molecule has 1 heterocycles. The van der Waals surface area contributed by atoms with Gasteiger partial charge in [0, 0.05) is 0 Å². The van der Waals surface area contributed by atoms with Crippen molar-refractivity contribution >= 4 is 5.97 Å². The van der Waals surface area contributed by atoms with E-state index in [1.54, 1.807) is 15.3 Å². The maximum Gasteiger partial charge on any atom is 0.420 e. The summed E-state index contributed by atoms with van der Waals surface area (Å²) in [7, 11) is 0. The number of hydrogen-bond donors (Lipinski definition) is 1. The SMILES string of the molecule is CC(c1ccccc1)[n+]1ccn(-c2ccccc2)c1C(=O)O. The van der Waals surface area contributed by atoms with Crippen LogP contribution in [0.3, 0.4) is 0 Å². The monoisotopic (exact) mass is 293 g/mol. The number of imidazole rings is 1. The highest BCUT2D eigenvalue weighted by Crippen LogP contribution is 2.15. The van der Waals surface area contributed by atoms with E-state index < -0.39 is 5.97 Å². The Morgan fingerprint density at radius 3 is 2.23 bits per heavy atom. The molecule has 1 N–H and O–H groups in total. The lowest BCUT2D eigenvalue weighted by atomic mass is 10.1. The quantitative estimate of drug-likeness (QED) is 0.751. The van der Waals surface area contributed by atoms with E-state index in [1.165, 1.54) is 0 Å². The molecule has 3 rings (SSSR count). The van der Waals surface area contributed by atoms with Crippen LogP contribution in [0.25, 0.3) is 5.69 Å². The van der Waals surface area contributed by atoms with Gasteiger partial charge in [-0.2, -0.15) is 4.57 Å². The molecule has 0 spiro atoms. The average Bonchev–Trinajstić information content (AvgIpc) is 3.01. The molecular weight excluding hydrogens is 276 g/mol. The first-order chi connectivity index (χ1) is 10.7. The fourth-order valence-corrected chi connectivity index (χ4v) is 2.62. The van der Waals surface area contributed by atoms with Gasteiger partial charge in [0.25, 0.3) is 0 Å². The maximum absolute atomic E-state index is 11.8. The van der Waals surface area contributed by atoms with E-state index in [9.17, 15) is 9.90 Å². The van der Waals surface area contributed by atoms with Crippen LogP contribution in [-0.2, 0) is 0 Å². The summed E-state index contributed by atoms with van der Waals surface area (Å²) in [5.74, 6) is -0.709. The van der Waals surface area contributed by atoms with E-state index in [1.807, 2.05) is 73.8 Å². The van der Waals surface area contributed by atoms with Gasteiger partial charge in [0.2, 0.25) is 0 Å². The minimum absolute atomic E-state index is 0.0581. The number of carbonyl (C=O) groups is 1. The van der Waals surface area contributed by atoms with Crippen molar-refractivity contribution in [3.05, 3.63) is 84.4 Å². The third kappa shape index (κ3) is 2.51. The summed E-state index contributed by atoms with van der Waals surface area (Å²) < 4.78 is 3.48. The van der Waals surface area contributed by atoms with Crippen LogP contribution in [0.15, 0.2) is 73.1 Å². The second kappa shape index (κ2) is 5.85. The highest BCUT2D eigenvalue weighted by Gasteiger charge is 2.29. The van der Waals surface area contributed by atoms with Crippen LogP contribution in [0.4, 0.5) is 0 Å². The van der Waals surface area contributed by atoms with E-state index in [0.717, 1.165) is 11.3 Å².